The van der Waals surface area contributed by atoms with Gasteiger partial charge in [-0.05, 0) is 29.8 Å². The Morgan fingerprint density at radius 1 is 1.12 bits per heavy atom. The van der Waals surface area contributed by atoms with Crippen LogP contribution in [0.1, 0.15) is 22.9 Å². The van der Waals surface area contributed by atoms with Crippen LogP contribution in [0.4, 0.5) is 13.2 Å². The monoisotopic (exact) mass is 241 g/mol. The van der Waals surface area contributed by atoms with Crippen molar-refractivity contribution in [3.8, 4) is 0 Å². The number of benzene rings is 1. The second-order valence-corrected chi connectivity index (χ2v) is 3.65. The molecule has 0 radical (unpaired) electrons. The Morgan fingerprint density at radius 2 is 1.88 bits per heavy atom. The molecule has 0 spiro atoms. The molecule has 1 atom stereocenters. The first-order valence-corrected chi connectivity index (χ1v) is 4.97. The van der Waals surface area contributed by atoms with Crippen molar-refractivity contribution in [3.05, 3.63) is 59.4 Å². The minimum absolute atomic E-state index is 0.210. The van der Waals surface area contributed by atoms with Crippen LogP contribution >= 0.6 is 0 Å². The lowest BCUT2D eigenvalue weighted by Gasteiger charge is -2.12. The molecule has 2 rings (SSSR count). The highest BCUT2D eigenvalue weighted by molar-refractivity contribution is 5.31. The number of hydrogen-bond acceptors (Lipinski definition) is 1. The Hall–Kier alpha value is -1.75. The smallest absolute Gasteiger partial charge is 0.382 e. The first-order chi connectivity index (χ1) is 7.98. The van der Waals surface area contributed by atoms with E-state index in [1.807, 2.05) is 0 Å². The molecule has 5 heteroatoms. The number of hydrogen-bond donors (Lipinski definition) is 2. The molecule has 0 aliphatic rings. The number of rotatable bonds is 2. The van der Waals surface area contributed by atoms with Gasteiger partial charge in [-0.2, -0.15) is 13.2 Å². The highest BCUT2D eigenvalue weighted by atomic mass is 19.4. The fourth-order valence-electron chi connectivity index (χ4n) is 1.58. The molecule has 0 aliphatic heterocycles. The van der Waals surface area contributed by atoms with Gasteiger partial charge in [-0.1, -0.05) is 12.1 Å². The van der Waals surface area contributed by atoms with Crippen LogP contribution in [-0.2, 0) is 6.18 Å². The number of halogens is 3. The molecule has 0 bridgehead atoms. The largest absolute Gasteiger partial charge is 0.416 e. The summed E-state index contributed by atoms with van der Waals surface area (Å²) in [7, 11) is 0. The van der Waals surface area contributed by atoms with E-state index in [0.717, 1.165) is 12.1 Å². The van der Waals surface area contributed by atoms with E-state index < -0.39 is 17.8 Å². The number of aromatic amines is 1. The molecule has 0 amide bonds. The molecule has 1 aromatic carbocycles. The van der Waals surface area contributed by atoms with E-state index >= 15 is 0 Å². The topological polar surface area (TPSA) is 36.0 Å². The van der Waals surface area contributed by atoms with Crippen LogP contribution in [0.2, 0.25) is 0 Å². The van der Waals surface area contributed by atoms with E-state index in [2.05, 4.69) is 4.98 Å². The Bertz CT molecular complexity index is 491. The molecular formula is C12H10F3NO. The number of aliphatic hydroxyl groups excluding tert-OH is 1. The predicted molar refractivity (Wildman–Crippen MR) is 56.3 cm³/mol. The van der Waals surface area contributed by atoms with Gasteiger partial charge in [0.1, 0.15) is 6.10 Å². The number of H-pyrrole nitrogens is 1. The van der Waals surface area contributed by atoms with Crippen LogP contribution in [-0.4, -0.2) is 10.1 Å². The zero-order valence-corrected chi connectivity index (χ0v) is 8.70. The van der Waals surface area contributed by atoms with Gasteiger partial charge < -0.3 is 10.1 Å². The van der Waals surface area contributed by atoms with Crippen LogP contribution in [0, 0.1) is 0 Å². The zero-order valence-electron chi connectivity index (χ0n) is 8.70. The maximum Gasteiger partial charge on any atom is 0.416 e. The van der Waals surface area contributed by atoms with Gasteiger partial charge in [0.05, 0.1) is 5.56 Å². The maximum atomic E-state index is 12.5. The summed E-state index contributed by atoms with van der Waals surface area (Å²) in [5, 5.41) is 9.87. The molecule has 0 aliphatic carbocycles. The average molecular weight is 241 g/mol. The third-order valence-electron chi connectivity index (χ3n) is 2.45. The van der Waals surface area contributed by atoms with Gasteiger partial charge in [0.15, 0.2) is 0 Å². The van der Waals surface area contributed by atoms with E-state index in [9.17, 15) is 18.3 Å². The third-order valence-corrected chi connectivity index (χ3v) is 2.45. The molecule has 2 nitrogen and oxygen atoms in total. The highest BCUT2D eigenvalue weighted by Gasteiger charge is 2.30. The third kappa shape index (κ3) is 2.50. The normalized spacial score (nSPS) is 13.6. The first-order valence-electron chi connectivity index (χ1n) is 4.97. The molecule has 2 N–H and O–H groups in total. The number of alkyl halides is 3. The maximum absolute atomic E-state index is 12.5. The summed E-state index contributed by atoms with van der Waals surface area (Å²) in [6, 6.07) is 7.96. The van der Waals surface area contributed by atoms with Crippen molar-refractivity contribution in [1.29, 1.82) is 0 Å². The molecule has 0 saturated heterocycles. The quantitative estimate of drug-likeness (QED) is 0.832. The minimum Gasteiger partial charge on any atom is -0.382 e. The summed E-state index contributed by atoms with van der Waals surface area (Å²) in [4.78, 5) is 2.76. The van der Waals surface area contributed by atoms with Gasteiger partial charge in [0.2, 0.25) is 0 Å². The molecule has 90 valence electrons. The lowest BCUT2D eigenvalue weighted by Crippen LogP contribution is -2.07. The Labute approximate surface area is 95.7 Å². The van der Waals surface area contributed by atoms with Crippen molar-refractivity contribution in [2.75, 3.05) is 0 Å². The first kappa shape index (κ1) is 11.7. The lowest BCUT2D eigenvalue weighted by molar-refractivity contribution is -0.137. The average Bonchev–Trinajstić information content (AvgIpc) is 2.80. The van der Waals surface area contributed by atoms with Gasteiger partial charge in [0.25, 0.3) is 0 Å². The fraction of sp³-hybridized carbons (Fsp3) is 0.167. The van der Waals surface area contributed by atoms with Crippen molar-refractivity contribution in [2.24, 2.45) is 0 Å². The van der Waals surface area contributed by atoms with Crippen molar-refractivity contribution in [3.63, 3.8) is 0 Å². The molecular weight excluding hydrogens is 231 g/mol. The minimum atomic E-state index is -4.40. The summed E-state index contributed by atoms with van der Waals surface area (Å²) >= 11 is 0. The van der Waals surface area contributed by atoms with Gasteiger partial charge >= 0.3 is 6.18 Å². The van der Waals surface area contributed by atoms with E-state index in [1.54, 1.807) is 18.3 Å². The lowest BCUT2D eigenvalue weighted by atomic mass is 10.0. The van der Waals surface area contributed by atoms with E-state index in [-0.39, 0.29) is 5.56 Å². The molecule has 0 fully saturated rings. The molecule has 17 heavy (non-hydrogen) atoms. The highest BCUT2D eigenvalue weighted by Crippen LogP contribution is 2.31. The van der Waals surface area contributed by atoms with Gasteiger partial charge in [-0.3, -0.25) is 0 Å². The second kappa shape index (κ2) is 4.25. The molecule has 1 aromatic heterocycles. The standard InChI is InChI=1S/C12H10F3NO/c13-12(14,15)9-4-1-3-8(7-9)11(17)10-5-2-6-16-10/h1-7,11,16-17H. The Morgan fingerprint density at radius 3 is 2.47 bits per heavy atom. The van der Waals surface area contributed by atoms with Crippen molar-refractivity contribution >= 4 is 0 Å². The summed E-state index contributed by atoms with van der Waals surface area (Å²) < 4.78 is 37.5. The molecule has 0 saturated carbocycles. The van der Waals surface area contributed by atoms with Crippen molar-refractivity contribution in [1.82, 2.24) is 4.98 Å². The molecule has 2 aromatic rings. The van der Waals surface area contributed by atoms with Gasteiger partial charge in [0, 0.05) is 11.9 Å². The fourth-order valence-corrected chi connectivity index (χ4v) is 1.58. The van der Waals surface area contributed by atoms with Crippen LogP contribution in [0.3, 0.4) is 0 Å². The van der Waals surface area contributed by atoms with Gasteiger partial charge in [-0.25, -0.2) is 0 Å². The summed E-state index contributed by atoms with van der Waals surface area (Å²) in [5.41, 5.74) is -0.0906. The number of aromatic nitrogens is 1. The molecule has 1 heterocycles. The zero-order chi connectivity index (χ0) is 12.5. The summed E-state index contributed by atoms with van der Waals surface area (Å²) in [5.74, 6) is 0. The SMILES string of the molecule is OC(c1cccc(C(F)(F)F)c1)c1ccc[nH]1. The number of nitrogens with one attached hydrogen (secondary N) is 1. The number of aliphatic hydroxyl groups is 1. The molecule has 1 unspecified atom stereocenters. The van der Waals surface area contributed by atoms with E-state index in [0.29, 0.717) is 5.69 Å². The summed E-state index contributed by atoms with van der Waals surface area (Å²) in [6.45, 7) is 0. The summed E-state index contributed by atoms with van der Waals surface area (Å²) in [6.07, 6.45) is -3.87. The van der Waals surface area contributed by atoms with Crippen molar-refractivity contribution < 1.29 is 18.3 Å². The van der Waals surface area contributed by atoms with Crippen molar-refractivity contribution in [2.45, 2.75) is 12.3 Å². The van der Waals surface area contributed by atoms with Crippen LogP contribution < -0.4 is 0 Å². The van der Waals surface area contributed by atoms with Gasteiger partial charge in [-0.15, -0.1) is 0 Å². The van der Waals surface area contributed by atoms with Crippen LogP contribution in [0.15, 0.2) is 42.6 Å². The van der Waals surface area contributed by atoms with Crippen LogP contribution in [0.5, 0.6) is 0 Å². The van der Waals surface area contributed by atoms with Crippen LogP contribution in [0.25, 0.3) is 0 Å². The Balaban J connectivity index is 2.34. The predicted octanol–water partition coefficient (Wildman–Crippen LogP) is 3.12. The Kier molecular flexibility index (Phi) is 2.93. The second-order valence-electron chi connectivity index (χ2n) is 3.65. The van der Waals surface area contributed by atoms with E-state index in [4.69, 9.17) is 0 Å². The van der Waals surface area contributed by atoms with E-state index in [1.165, 1.54) is 12.1 Å².